The summed E-state index contributed by atoms with van der Waals surface area (Å²) in [6, 6.07) is 3.79. The van der Waals surface area contributed by atoms with E-state index in [0.717, 1.165) is 6.42 Å². The fourth-order valence-corrected chi connectivity index (χ4v) is 2.38. The van der Waals surface area contributed by atoms with Crippen LogP contribution in [-0.2, 0) is 0 Å². The summed E-state index contributed by atoms with van der Waals surface area (Å²) in [5.74, 6) is -0.457. The van der Waals surface area contributed by atoms with Gasteiger partial charge < -0.3 is 15.7 Å². The maximum atomic E-state index is 13.1. The van der Waals surface area contributed by atoms with E-state index in [9.17, 15) is 14.3 Å². The number of nitrogen functional groups attached to an aromatic ring is 1. The molecule has 2 unspecified atom stereocenters. The van der Waals surface area contributed by atoms with Crippen LogP contribution in [0.3, 0.4) is 0 Å². The monoisotopic (exact) mass is 252 g/mol. The number of carbonyl (C=O) groups excluding carboxylic acids is 1. The van der Waals surface area contributed by atoms with Crippen molar-refractivity contribution in [2.24, 2.45) is 5.92 Å². The van der Waals surface area contributed by atoms with Crippen molar-refractivity contribution in [2.45, 2.75) is 19.4 Å². The van der Waals surface area contributed by atoms with Gasteiger partial charge in [0.1, 0.15) is 5.82 Å². The third-order valence-electron chi connectivity index (χ3n) is 3.57. The lowest BCUT2D eigenvalue weighted by atomic mass is 10.0. The molecule has 1 aliphatic heterocycles. The Labute approximate surface area is 105 Å². The number of nitrogens with two attached hydrogens (primary N) is 1. The highest BCUT2D eigenvalue weighted by atomic mass is 19.1. The number of likely N-dealkylation sites (tertiary alicyclic amines) is 1. The normalized spacial score (nSPS) is 23.4. The standard InChI is InChI=1S/C13H17FN2O2/c1-8-4-5-16(12(8)7-17)13(18)9-2-3-10(14)11(15)6-9/h2-3,6,8,12,17H,4-5,7,15H2,1H3. The molecule has 0 aromatic heterocycles. The first-order chi connectivity index (χ1) is 8.54. The molecule has 1 amide bonds. The molecule has 0 aliphatic carbocycles. The number of amides is 1. The van der Waals surface area contributed by atoms with Crippen LogP contribution in [0.15, 0.2) is 18.2 Å². The Hall–Kier alpha value is -1.62. The third kappa shape index (κ3) is 2.18. The van der Waals surface area contributed by atoms with Crippen LogP contribution in [-0.4, -0.2) is 35.1 Å². The summed E-state index contributed by atoms with van der Waals surface area (Å²) in [4.78, 5) is 13.9. The highest BCUT2D eigenvalue weighted by molar-refractivity contribution is 5.95. The number of halogens is 1. The number of benzene rings is 1. The average Bonchev–Trinajstić information content (AvgIpc) is 2.73. The number of aliphatic hydroxyl groups excluding tert-OH is 1. The first-order valence-corrected chi connectivity index (χ1v) is 6.01. The Balaban J connectivity index is 2.23. The van der Waals surface area contributed by atoms with E-state index < -0.39 is 5.82 Å². The second-order valence-electron chi connectivity index (χ2n) is 4.75. The molecule has 1 aromatic rings. The summed E-state index contributed by atoms with van der Waals surface area (Å²) < 4.78 is 13.1. The number of carbonyl (C=O) groups is 1. The second kappa shape index (κ2) is 4.94. The van der Waals surface area contributed by atoms with Gasteiger partial charge in [-0.25, -0.2) is 4.39 Å². The summed E-state index contributed by atoms with van der Waals surface area (Å²) in [5.41, 5.74) is 5.79. The Morgan fingerprint density at radius 1 is 1.61 bits per heavy atom. The molecule has 0 bridgehead atoms. The first kappa shape index (κ1) is 12.8. The molecule has 4 nitrogen and oxygen atoms in total. The maximum absolute atomic E-state index is 13.1. The maximum Gasteiger partial charge on any atom is 0.254 e. The molecular weight excluding hydrogens is 235 g/mol. The molecule has 5 heteroatoms. The van der Waals surface area contributed by atoms with Crippen molar-refractivity contribution in [3.8, 4) is 0 Å². The van der Waals surface area contributed by atoms with E-state index in [4.69, 9.17) is 5.73 Å². The smallest absolute Gasteiger partial charge is 0.254 e. The lowest BCUT2D eigenvalue weighted by molar-refractivity contribution is 0.0648. The molecule has 1 aliphatic rings. The van der Waals surface area contributed by atoms with Crippen LogP contribution in [0.5, 0.6) is 0 Å². The minimum absolute atomic E-state index is 0.0337. The molecule has 18 heavy (non-hydrogen) atoms. The number of hydrogen-bond donors (Lipinski definition) is 2. The van der Waals surface area contributed by atoms with Crippen LogP contribution in [0.1, 0.15) is 23.7 Å². The molecule has 0 spiro atoms. The average molecular weight is 252 g/mol. The predicted molar refractivity (Wildman–Crippen MR) is 66.5 cm³/mol. The van der Waals surface area contributed by atoms with E-state index in [2.05, 4.69) is 0 Å². The van der Waals surface area contributed by atoms with Crippen molar-refractivity contribution >= 4 is 11.6 Å². The topological polar surface area (TPSA) is 66.6 Å². The molecule has 1 saturated heterocycles. The van der Waals surface area contributed by atoms with Crippen LogP contribution in [0, 0.1) is 11.7 Å². The fraction of sp³-hybridized carbons (Fsp3) is 0.462. The molecule has 0 radical (unpaired) electrons. The van der Waals surface area contributed by atoms with Gasteiger partial charge in [-0.2, -0.15) is 0 Å². The van der Waals surface area contributed by atoms with Crippen molar-refractivity contribution in [3.05, 3.63) is 29.6 Å². The molecule has 1 heterocycles. The number of hydrogen-bond acceptors (Lipinski definition) is 3. The highest BCUT2D eigenvalue weighted by Crippen LogP contribution is 2.26. The van der Waals surface area contributed by atoms with Gasteiger partial charge in [0, 0.05) is 12.1 Å². The Morgan fingerprint density at radius 2 is 2.33 bits per heavy atom. The summed E-state index contributed by atoms with van der Waals surface area (Å²) >= 11 is 0. The molecule has 0 saturated carbocycles. The van der Waals surface area contributed by atoms with Crippen LogP contribution in [0.4, 0.5) is 10.1 Å². The molecule has 1 aromatic carbocycles. The van der Waals surface area contributed by atoms with Gasteiger partial charge in [0.05, 0.1) is 18.3 Å². The van der Waals surface area contributed by atoms with E-state index >= 15 is 0 Å². The Kier molecular flexibility index (Phi) is 3.52. The van der Waals surface area contributed by atoms with Gasteiger partial charge in [-0.3, -0.25) is 4.79 Å². The third-order valence-corrected chi connectivity index (χ3v) is 3.57. The second-order valence-corrected chi connectivity index (χ2v) is 4.75. The molecular formula is C13H17FN2O2. The highest BCUT2D eigenvalue weighted by Gasteiger charge is 2.34. The van der Waals surface area contributed by atoms with Crippen LogP contribution < -0.4 is 5.73 Å². The van der Waals surface area contributed by atoms with Crippen LogP contribution in [0.2, 0.25) is 0 Å². The van der Waals surface area contributed by atoms with Gasteiger partial charge in [-0.15, -0.1) is 0 Å². The lowest BCUT2D eigenvalue weighted by Gasteiger charge is -2.25. The Morgan fingerprint density at radius 3 is 2.94 bits per heavy atom. The number of nitrogens with zero attached hydrogens (tertiary/aromatic N) is 1. The minimum Gasteiger partial charge on any atom is -0.396 e. The van der Waals surface area contributed by atoms with Crippen molar-refractivity contribution in [2.75, 3.05) is 18.9 Å². The predicted octanol–water partition coefficient (Wildman–Crippen LogP) is 1.25. The molecule has 3 N–H and O–H groups in total. The van der Waals surface area contributed by atoms with Gasteiger partial charge in [-0.05, 0) is 30.5 Å². The van der Waals surface area contributed by atoms with E-state index in [-0.39, 0.29) is 30.2 Å². The largest absolute Gasteiger partial charge is 0.396 e. The summed E-state index contributed by atoms with van der Waals surface area (Å²) in [6.07, 6.45) is 0.869. The molecule has 1 fully saturated rings. The van der Waals surface area contributed by atoms with E-state index in [1.165, 1.54) is 18.2 Å². The molecule has 98 valence electrons. The quantitative estimate of drug-likeness (QED) is 0.778. The molecule has 2 rings (SSSR count). The van der Waals surface area contributed by atoms with Crippen molar-refractivity contribution in [1.29, 1.82) is 0 Å². The van der Waals surface area contributed by atoms with E-state index in [1.54, 1.807) is 4.90 Å². The van der Waals surface area contributed by atoms with Gasteiger partial charge in [0.25, 0.3) is 5.91 Å². The zero-order valence-electron chi connectivity index (χ0n) is 10.3. The zero-order chi connectivity index (χ0) is 13.3. The first-order valence-electron chi connectivity index (χ1n) is 6.01. The van der Waals surface area contributed by atoms with Crippen LogP contribution >= 0.6 is 0 Å². The van der Waals surface area contributed by atoms with Gasteiger partial charge in [0.2, 0.25) is 0 Å². The fourth-order valence-electron chi connectivity index (χ4n) is 2.38. The van der Waals surface area contributed by atoms with E-state index in [0.29, 0.717) is 12.1 Å². The van der Waals surface area contributed by atoms with Gasteiger partial charge in [0.15, 0.2) is 0 Å². The summed E-state index contributed by atoms with van der Waals surface area (Å²) in [6.45, 7) is 2.57. The zero-order valence-corrected chi connectivity index (χ0v) is 10.3. The lowest BCUT2D eigenvalue weighted by Crippen LogP contribution is -2.39. The van der Waals surface area contributed by atoms with Crippen molar-refractivity contribution in [3.63, 3.8) is 0 Å². The summed E-state index contributed by atoms with van der Waals surface area (Å²) in [5, 5.41) is 9.32. The number of aliphatic hydroxyl groups is 1. The molecule has 2 atom stereocenters. The van der Waals surface area contributed by atoms with E-state index in [1.807, 2.05) is 6.92 Å². The summed E-state index contributed by atoms with van der Waals surface area (Å²) in [7, 11) is 0. The Bertz CT molecular complexity index is 464. The SMILES string of the molecule is CC1CCN(C(=O)c2ccc(F)c(N)c2)C1CO. The number of anilines is 1. The number of rotatable bonds is 2. The van der Waals surface area contributed by atoms with Gasteiger partial charge in [-0.1, -0.05) is 6.92 Å². The van der Waals surface area contributed by atoms with Gasteiger partial charge >= 0.3 is 0 Å². The van der Waals surface area contributed by atoms with Crippen molar-refractivity contribution in [1.82, 2.24) is 4.90 Å². The minimum atomic E-state index is -0.528. The van der Waals surface area contributed by atoms with Crippen LogP contribution in [0.25, 0.3) is 0 Å². The van der Waals surface area contributed by atoms with Crippen molar-refractivity contribution < 1.29 is 14.3 Å².